The molecule has 8 heteroatoms. The van der Waals surface area contributed by atoms with Gasteiger partial charge in [0.15, 0.2) is 0 Å². The predicted molar refractivity (Wildman–Crippen MR) is 142 cm³/mol. The van der Waals surface area contributed by atoms with E-state index >= 15 is 0 Å². The Bertz CT molecular complexity index is 1510. The van der Waals surface area contributed by atoms with Crippen LogP contribution in [0.4, 0.5) is 0 Å². The summed E-state index contributed by atoms with van der Waals surface area (Å²) in [5.41, 5.74) is 4.33. The first-order valence-corrected chi connectivity index (χ1v) is 13.7. The Morgan fingerprint density at radius 3 is 2.51 bits per heavy atom. The van der Waals surface area contributed by atoms with Gasteiger partial charge in [0.2, 0.25) is 0 Å². The topological polar surface area (TPSA) is 76.8 Å². The van der Waals surface area contributed by atoms with E-state index in [1.54, 1.807) is 12.4 Å². The lowest BCUT2D eigenvalue weighted by atomic mass is 9.59. The average molecular weight is 533 g/mol. The van der Waals surface area contributed by atoms with Gasteiger partial charge in [0.05, 0.1) is 34.0 Å². The van der Waals surface area contributed by atoms with Crippen LogP contribution >= 0.6 is 23.2 Å². The molecule has 1 N–H and O–H groups in total. The average Bonchev–Trinajstić information content (AvgIpc) is 3.51. The van der Waals surface area contributed by atoms with Crippen molar-refractivity contribution in [3.63, 3.8) is 0 Å². The van der Waals surface area contributed by atoms with Gasteiger partial charge in [0.25, 0.3) is 0 Å². The van der Waals surface area contributed by atoms with Crippen LogP contribution in [-0.2, 0) is 11.3 Å². The van der Waals surface area contributed by atoms with E-state index in [1.807, 2.05) is 6.20 Å². The van der Waals surface area contributed by atoms with Crippen LogP contribution < -0.4 is 0 Å². The highest BCUT2D eigenvalue weighted by atomic mass is 35.5. The largest absolute Gasteiger partial charge is 0.370 e. The molecule has 0 unspecified atom stereocenters. The lowest BCUT2D eigenvalue weighted by Gasteiger charge is -2.51. The molecule has 188 valence electrons. The molecule has 2 bridgehead atoms. The molecule has 4 saturated carbocycles. The molecular formula is C29H26Cl2N4O2. The fourth-order valence-corrected chi connectivity index (χ4v) is 6.51. The first kappa shape index (κ1) is 23.3. The van der Waals surface area contributed by atoms with Crippen molar-refractivity contribution in [2.45, 2.75) is 69.5 Å². The van der Waals surface area contributed by atoms with Crippen molar-refractivity contribution in [3.05, 3.63) is 63.7 Å². The van der Waals surface area contributed by atoms with E-state index in [2.05, 4.69) is 50.4 Å². The summed E-state index contributed by atoms with van der Waals surface area (Å²) in [5.74, 6) is 8.43. The summed E-state index contributed by atoms with van der Waals surface area (Å²) in [5, 5.41) is 13.6. The fourth-order valence-electron chi connectivity index (χ4n) is 5.96. The van der Waals surface area contributed by atoms with E-state index < -0.39 is 0 Å². The summed E-state index contributed by atoms with van der Waals surface area (Å²) in [7, 11) is 0. The van der Waals surface area contributed by atoms with E-state index in [0.29, 0.717) is 33.8 Å². The smallest absolute Gasteiger partial charge is 0.145 e. The predicted octanol–water partition coefficient (Wildman–Crippen LogP) is 7.46. The molecular weight excluding hydrogens is 507 g/mol. The van der Waals surface area contributed by atoms with Gasteiger partial charge in [-0.1, -0.05) is 40.2 Å². The van der Waals surface area contributed by atoms with Gasteiger partial charge < -0.3 is 9.26 Å². The van der Waals surface area contributed by atoms with Crippen LogP contribution in [0.25, 0.3) is 22.2 Å². The first-order chi connectivity index (χ1) is 18.0. The van der Waals surface area contributed by atoms with Gasteiger partial charge in [-0.05, 0) is 69.6 Å². The van der Waals surface area contributed by atoms with Gasteiger partial charge in [-0.25, -0.2) is 0 Å². The summed E-state index contributed by atoms with van der Waals surface area (Å²) in [6, 6.07) is 6.23. The third-order valence-electron chi connectivity index (χ3n) is 8.47. The number of pyridine rings is 1. The number of hydrogen-bond donors (Lipinski definition) is 1. The molecule has 3 aromatic heterocycles. The molecule has 37 heavy (non-hydrogen) atoms. The van der Waals surface area contributed by atoms with E-state index in [0.717, 1.165) is 79.2 Å². The summed E-state index contributed by atoms with van der Waals surface area (Å²) < 4.78 is 12.6. The zero-order chi connectivity index (χ0) is 25.0. The van der Waals surface area contributed by atoms with Crippen LogP contribution in [0.3, 0.4) is 0 Å². The second-order valence-corrected chi connectivity index (χ2v) is 11.6. The Balaban J connectivity index is 1.09. The van der Waals surface area contributed by atoms with Crippen LogP contribution in [0.2, 0.25) is 10.0 Å². The van der Waals surface area contributed by atoms with E-state index in [9.17, 15) is 0 Å². The van der Waals surface area contributed by atoms with Crippen LogP contribution in [0.1, 0.15) is 74.2 Å². The Hall–Kier alpha value is -2.85. The molecule has 0 saturated heterocycles. The molecule has 8 rings (SSSR count). The maximum atomic E-state index is 6.75. The molecule has 0 amide bonds. The fraction of sp³-hybridized carbons (Fsp3) is 0.414. The van der Waals surface area contributed by atoms with Crippen molar-refractivity contribution in [2.75, 3.05) is 0 Å². The lowest BCUT2D eigenvalue weighted by molar-refractivity contribution is -0.131. The monoisotopic (exact) mass is 532 g/mol. The van der Waals surface area contributed by atoms with Crippen molar-refractivity contribution < 1.29 is 9.26 Å². The first-order valence-electron chi connectivity index (χ1n) is 12.9. The number of fused-ring (bicyclic) bond motifs is 4. The number of aromatic amines is 1. The third kappa shape index (κ3) is 4.24. The van der Waals surface area contributed by atoms with Crippen LogP contribution in [0, 0.1) is 17.3 Å². The van der Waals surface area contributed by atoms with Crippen molar-refractivity contribution in [1.82, 2.24) is 20.3 Å². The van der Waals surface area contributed by atoms with Gasteiger partial charge in [0.1, 0.15) is 11.5 Å². The van der Waals surface area contributed by atoms with Crippen molar-refractivity contribution in [2.24, 2.45) is 5.41 Å². The van der Waals surface area contributed by atoms with Gasteiger partial charge >= 0.3 is 0 Å². The molecule has 0 spiro atoms. The molecule has 0 atom stereocenters. The number of hydrogen-bond acceptors (Lipinski definition) is 5. The number of aromatic nitrogens is 4. The summed E-state index contributed by atoms with van der Waals surface area (Å²) >= 11 is 13.0. The minimum Gasteiger partial charge on any atom is -0.370 e. The minimum atomic E-state index is -0.126. The van der Waals surface area contributed by atoms with E-state index in [4.69, 9.17) is 32.5 Å². The third-order valence-corrected chi connectivity index (χ3v) is 9.04. The number of rotatable bonds is 5. The Labute approximate surface area is 225 Å². The number of nitrogens with one attached hydrogen (secondary N) is 1. The maximum absolute atomic E-state index is 6.75. The number of ether oxygens (including phenoxy) is 1. The summed E-state index contributed by atoms with van der Waals surface area (Å²) in [4.78, 5) is 4.09. The van der Waals surface area contributed by atoms with Gasteiger partial charge in [-0.2, -0.15) is 5.10 Å². The molecule has 0 aliphatic heterocycles. The Morgan fingerprint density at radius 1 is 1.03 bits per heavy atom. The Morgan fingerprint density at radius 2 is 1.78 bits per heavy atom. The lowest BCUT2D eigenvalue weighted by Crippen LogP contribution is -2.47. The number of H-pyrrole nitrogens is 1. The second kappa shape index (κ2) is 8.87. The minimum absolute atomic E-state index is 0.0771. The zero-order valence-corrected chi connectivity index (χ0v) is 21.8. The van der Waals surface area contributed by atoms with Crippen LogP contribution in [-0.4, -0.2) is 25.9 Å². The number of halogens is 2. The van der Waals surface area contributed by atoms with Gasteiger partial charge in [-0.3, -0.25) is 10.1 Å². The number of nitrogens with zero attached hydrogens (tertiary/aromatic N) is 3. The quantitative estimate of drug-likeness (QED) is 0.270. The van der Waals surface area contributed by atoms with E-state index in [1.165, 1.54) is 0 Å². The molecule has 4 aliphatic rings. The molecule has 4 fully saturated rings. The zero-order valence-electron chi connectivity index (χ0n) is 20.3. The Kier molecular flexibility index (Phi) is 5.58. The molecule has 6 nitrogen and oxygen atoms in total. The molecule has 0 radical (unpaired) electrons. The highest BCUT2D eigenvalue weighted by molar-refractivity contribution is 6.38. The summed E-state index contributed by atoms with van der Waals surface area (Å²) in [6.07, 6.45) is 13.4. The number of benzene rings is 1. The normalized spacial score (nSPS) is 24.8. The van der Waals surface area contributed by atoms with Gasteiger partial charge in [0, 0.05) is 45.8 Å². The molecule has 3 heterocycles. The van der Waals surface area contributed by atoms with Crippen molar-refractivity contribution in [1.29, 1.82) is 0 Å². The second-order valence-electron chi connectivity index (χ2n) is 10.8. The van der Waals surface area contributed by atoms with Crippen LogP contribution in [0.5, 0.6) is 0 Å². The van der Waals surface area contributed by atoms with Crippen LogP contribution in [0.15, 0.2) is 41.3 Å². The SMILES string of the molecule is Clc1cncc(Cl)c1-c1noc(C2CC2)c1COC12CCC(C#Cc3ccc4cn[nH]c4c3)(CC1)CC2. The highest BCUT2D eigenvalue weighted by Crippen LogP contribution is 2.54. The molecule has 4 aliphatic carbocycles. The van der Waals surface area contributed by atoms with E-state index in [-0.39, 0.29) is 11.0 Å². The summed E-state index contributed by atoms with van der Waals surface area (Å²) in [6.45, 7) is 0.447. The van der Waals surface area contributed by atoms with Crippen molar-refractivity contribution in [3.8, 4) is 23.1 Å². The van der Waals surface area contributed by atoms with Gasteiger partial charge in [-0.15, -0.1) is 0 Å². The molecule has 4 aromatic rings. The standard InChI is InChI=1S/C29H26Cl2N4O2/c30-22-15-32-16-23(31)25(22)26-21(27(37-35-26)19-3-4-19)17-36-29-10-7-28(8-11-29,9-12-29)6-5-18-1-2-20-14-33-34-24(20)13-18/h1-2,13-16,19H,3-4,7-12,17H2,(H,33,34). The van der Waals surface area contributed by atoms with Crippen molar-refractivity contribution >= 4 is 34.1 Å². The maximum Gasteiger partial charge on any atom is 0.145 e. The molecule has 1 aromatic carbocycles. The highest BCUT2D eigenvalue weighted by Gasteiger charge is 2.49.